The second-order valence-electron chi connectivity index (χ2n) is 5.65. The topological polar surface area (TPSA) is 126 Å². The zero-order valence-corrected chi connectivity index (χ0v) is 14.7. The first-order valence-corrected chi connectivity index (χ1v) is 8.32. The summed E-state index contributed by atoms with van der Waals surface area (Å²) in [6.45, 7) is 4.38. The van der Waals surface area contributed by atoms with E-state index < -0.39 is 11.4 Å². The van der Waals surface area contributed by atoms with Gasteiger partial charge in [0.1, 0.15) is 17.3 Å². The minimum atomic E-state index is -0.657. The Bertz CT molecular complexity index is 907. The molecule has 0 saturated carbocycles. The minimum Gasteiger partial charge on any atom is -0.493 e. The second-order valence-corrected chi connectivity index (χ2v) is 5.65. The van der Waals surface area contributed by atoms with Gasteiger partial charge in [0.2, 0.25) is 5.88 Å². The van der Waals surface area contributed by atoms with Gasteiger partial charge in [0.15, 0.2) is 0 Å². The van der Waals surface area contributed by atoms with Gasteiger partial charge in [-0.1, -0.05) is 19.8 Å². The molecule has 1 aromatic carbocycles. The van der Waals surface area contributed by atoms with Gasteiger partial charge in [0.05, 0.1) is 17.9 Å². The molecule has 2 N–H and O–H groups in total. The molecular formula is C18H20N6O2. The van der Waals surface area contributed by atoms with Crippen molar-refractivity contribution in [1.29, 1.82) is 5.26 Å². The van der Waals surface area contributed by atoms with Crippen molar-refractivity contribution in [3.8, 4) is 11.9 Å². The summed E-state index contributed by atoms with van der Waals surface area (Å²) in [6.07, 6.45) is 3.32. The molecule has 0 spiro atoms. The predicted octanol–water partition coefficient (Wildman–Crippen LogP) is 4.95. The fraction of sp³-hybridized carbons (Fsp3) is 0.333. The van der Waals surface area contributed by atoms with Crippen LogP contribution in [0.25, 0.3) is 0 Å². The summed E-state index contributed by atoms with van der Waals surface area (Å²) in [4.78, 5) is 13.7. The van der Waals surface area contributed by atoms with E-state index in [0.717, 1.165) is 24.9 Å². The Morgan fingerprint density at radius 3 is 2.38 bits per heavy atom. The molecule has 2 aromatic rings. The lowest BCUT2D eigenvalue weighted by atomic mass is 10.1. The number of unbranched alkanes of at least 4 members (excludes halogenated alkanes) is 2. The third-order valence-electron chi connectivity index (χ3n) is 3.69. The zero-order chi connectivity index (χ0) is 18.9. The van der Waals surface area contributed by atoms with E-state index in [1.807, 2.05) is 0 Å². The van der Waals surface area contributed by atoms with Gasteiger partial charge in [0, 0.05) is 5.56 Å². The molecule has 0 fully saturated rings. The van der Waals surface area contributed by atoms with Crippen molar-refractivity contribution in [3.05, 3.63) is 45.7 Å². The number of H-pyrrole nitrogens is 1. The van der Waals surface area contributed by atoms with E-state index in [-0.39, 0.29) is 16.8 Å². The molecule has 0 bridgehead atoms. The Kier molecular flexibility index (Phi) is 6.74. The summed E-state index contributed by atoms with van der Waals surface area (Å²) in [6, 6.07) is 8.74. The van der Waals surface area contributed by atoms with Crippen LogP contribution in [0.2, 0.25) is 0 Å². The normalized spacial score (nSPS) is 11.3. The number of nitrogens with zero attached hydrogens (tertiary/aromatic N) is 5. The zero-order valence-electron chi connectivity index (χ0n) is 14.7. The number of aromatic hydroxyl groups is 1. The number of rotatable bonds is 7. The number of azo groups is 2. The molecule has 2 rings (SSSR count). The Labute approximate surface area is 151 Å². The average Bonchev–Trinajstić information content (AvgIpc) is 2.62. The van der Waals surface area contributed by atoms with Gasteiger partial charge in [-0.05, 0) is 37.6 Å². The first-order chi connectivity index (χ1) is 12.6. The van der Waals surface area contributed by atoms with E-state index in [1.54, 1.807) is 30.3 Å². The summed E-state index contributed by atoms with van der Waals surface area (Å²) in [5.41, 5.74) is 0.829. The standard InChI is InChI=1S/C18H20N6O2/c1-3-4-5-10-20-22-13-6-8-14(9-7-13)23-24-16-12(2)15(11-19)17(25)21-18(16)26/h6-9H,3-5,10H2,1-2H3,(H2,21,25,26). The van der Waals surface area contributed by atoms with E-state index in [9.17, 15) is 9.90 Å². The first kappa shape index (κ1) is 19.0. The Hall–Kier alpha value is -3.34. The molecule has 0 radical (unpaired) electrons. The summed E-state index contributed by atoms with van der Waals surface area (Å²) in [5.74, 6) is -0.423. The molecule has 8 nitrogen and oxygen atoms in total. The number of pyridine rings is 1. The van der Waals surface area contributed by atoms with Crippen molar-refractivity contribution in [2.75, 3.05) is 6.54 Å². The molecule has 26 heavy (non-hydrogen) atoms. The molecule has 0 aliphatic heterocycles. The van der Waals surface area contributed by atoms with Crippen LogP contribution in [0.1, 0.15) is 37.3 Å². The number of aromatic nitrogens is 1. The van der Waals surface area contributed by atoms with Crippen molar-refractivity contribution < 1.29 is 5.11 Å². The predicted molar refractivity (Wildman–Crippen MR) is 97.7 cm³/mol. The lowest BCUT2D eigenvalue weighted by Crippen LogP contribution is -2.11. The van der Waals surface area contributed by atoms with Gasteiger partial charge in [-0.25, -0.2) is 0 Å². The maximum absolute atomic E-state index is 11.6. The molecular weight excluding hydrogens is 332 g/mol. The molecule has 0 aliphatic rings. The van der Waals surface area contributed by atoms with Gasteiger partial charge in [0.25, 0.3) is 5.56 Å². The van der Waals surface area contributed by atoms with Crippen molar-refractivity contribution in [2.24, 2.45) is 20.5 Å². The van der Waals surface area contributed by atoms with Gasteiger partial charge >= 0.3 is 0 Å². The fourth-order valence-electron chi connectivity index (χ4n) is 2.21. The highest BCUT2D eigenvalue weighted by molar-refractivity contribution is 5.58. The summed E-state index contributed by atoms with van der Waals surface area (Å²) in [7, 11) is 0. The SMILES string of the molecule is CCCCCN=Nc1ccc(N=Nc2c(O)[nH]c(=O)c(C#N)c2C)cc1. The second kappa shape index (κ2) is 9.22. The van der Waals surface area contributed by atoms with E-state index >= 15 is 0 Å². The third kappa shape index (κ3) is 4.83. The number of hydrogen-bond acceptors (Lipinski definition) is 7. The fourth-order valence-corrected chi connectivity index (χ4v) is 2.21. The molecule has 1 aromatic heterocycles. The number of aromatic amines is 1. The summed E-state index contributed by atoms with van der Waals surface area (Å²) >= 11 is 0. The Balaban J connectivity index is 2.12. The van der Waals surface area contributed by atoms with Gasteiger partial charge in [-0.15, -0.1) is 5.11 Å². The van der Waals surface area contributed by atoms with Crippen LogP contribution in [0, 0.1) is 18.3 Å². The van der Waals surface area contributed by atoms with E-state index in [2.05, 4.69) is 32.4 Å². The van der Waals surface area contributed by atoms with Gasteiger partial charge in [-0.3, -0.25) is 9.78 Å². The largest absolute Gasteiger partial charge is 0.493 e. The number of hydrogen-bond donors (Lipinski definition) is 2. The van der Waals surface area contributed by atoms with Crippen molar-refractivity contribution in [3.63, 3.8) is 0 Å². The van der Waals surface area contributed by atoms with Crippen molar-refractivity contribution >= 4 is 17.1 Å². The number of nitrogens with one attached hydrogen (secondary N) is 1. The van der Waals surface area contributed by atoms with Crippen LogP contribution in [-0.2, 0) is 0 Å². The highest BCUT2D eigenvalue weighted by atomic mass is 16.3. The highest BCUT2D eigenvalue weighted by Crippen LogP contribution is 2.30. The summed E-state index contributed by atoms with van der Waals surface area (Å²) in [5, 5.41) is 35.1. The molecule has 0 amide bonds. The molecule has 134 valence electrons. The van der Waals surface area contributed by atoms with Gasteiger partial charge in [-0.2, -0.15) is 20.6 Å². The van der Waals surface area contributed by atoms with E-state index in [1.165, 1.54) is 6.92 Å². The maximum atomic E-state index is 11.6. The van der Waals surface area contributed by atoms with Crippen LogP contribution < -0.4 is 5.56 Å². The lowest BCUT2D eigenvalue weighted by Gasteiger charge is -2.03. The Morgan fingerprint density at radius 1 is 1.12 bits per heavy atom. The highest BCUT2D eigenvalue weighted by Gasteiger charge is 2.13. The van der Waals surface area contributed by atoms with Crippen LogP contribution >= 0.6 is 0 Å². The monoisotopic (exact) mass is 352 g/mol. The molecule has 0 aliphatic carbocycles. The minimum absolute atomic E-state index is 0.0563. The van der Waals surface area contributed by atoms with E-state index in [4.69, 9.17) is 5.26 Å². The molecule has 0 unspecified atom stereocenters. The van der Waals surface area contributed by atoms with Crippen LogP contribution in [-0.4, -0.2) is 16.6 Å². The van der Waals surface area contributed by atoms with Crippen LogP contribution in [0.4, 0.5) is 17.1 Å². The third-order valence-corrected chi connectivity index (χ3v) is 3.69. The lowest BCUT2D eigenvalue weighted by molar-refractivity contribution is 0.452. The summed E-state index contributed by atoms with van der Waals surface area (Å²) < 4.78 is 0. The molecule has 1 heterocycles. The van der Waals surface area contributed by atoms with Crippen LogP contribution in [0.15, 0.2) is 49.5 Å². The number of benzene rings is 1. The van der Waals surface area contributed by atoms with Crippen LogP contribution in [0.3, 0.4) is 0 Å². The van der Waals surface area contributed by atoms with Crippen molar-refractivity contribution in [1.82, 2.24) is 4.98 Å². The van der Waals surface area contributed by atoms with Gasteiger partial charge < -0.3 is 5.11 Å². The molecule has 0 atom stereocenters. The quantitative estimate of drug-likeness (QED) is 0.540. The maximum Gasteiger partial charge on any atom is 0.269 e. The number of nitriles is 1. The Morgan fingerprint density at radius 2 is 1.77 bits per heavy atom. The van der Waals surface area contributed by atoms with E-state index in [0.29, 0.717) is 12.2 Å². The van der Waals surface area contributed by atoms with Crippen molar-refractivity contribution in [2.45, 2.75) is 33.1 Å². The first-order valence-electron chi connectivity index (χ1n) is 8.32. The smallest absolute Gasteiger partial charge is 0.269 e. The van der Waals surface area contributed by atoms with Crippen LogP contribution in [0.5, 0.6) is 5.88 Å². The molecule has 0 saturated heterocycles. The molecule has 8 heteroatoms. The average molecular weight is 352 g/mol.